The van der Waals surface area contributed by atoms with E-state index in [1.54, 1.807) is 18.2 Å². The molecule has 0 aliphatic heterocycles. The normalized spacial score (nSPS) is 13.9. The quantitative estimate of drug-likeness (QED) is 0.301. The third kappa shape index (κ3) is 4.59. The van der Waals surface area contributed by atoms with Crippen molar-refractivity contribution in [2.24, 2.45) is 0 Å². The highest BCUT2D eigenvalue weighted by atomic mass is 19.1. The highest BCUT2D eigenvalue weighted by Crippen LogP contribution is 2.48. The number of hydrogen-bond donors (Lipinski definition) is 1. The van der Waals surface area contributed by atoms with Gasteiger partial charge in [-0.25, -0.2) is 4.39 Å². The Morgan fingerprint density at radius 1 is 0.944 bits per heavy atom. The number of ketones is 1. The van der Waals surface area contributed by atoms with Crippen LogP contribution < -0.4 is 0 Å². The van der Waals surface area contributed by atoms with Gasteiger partial charge in [-0.3, -0.25) is 9.59 Å². The molecule has 5 rings (SSSR count). The predicted octanol–water partition coefficient (Wildman–Crippen LogP) is 6.32. The van der Waals surface area contributed by atoms with Crippen LogP contribution >= 0.6 is 0 Å². The maximum Gasteiger partial charge on any atom is 0.314 e. The van der Waals surface area contributed by atoms with Crippen LogP contribution in [-0.2, 0) is 27.8 Å². The topological polar surface area (TPSA) is 80.4 Å². The first kappa shape index (κ1) is 23.7. The average molecular weight is 484 g/mol. The molecule has 3 aromatic carbocycles. The average Bonchev–Trinajstić information content (AvgIpc) is 3.63. The summed E-state index contributed by atoms with van der Waals surface area (Å²) in [5.74, 6) is -0.498. The van der Waals surface area contributed by atoms with E-state index in [1.807, 2.05) is 55.5 Å². The van der Waals surface area contributed by atoms with Gasteiger partial charge in [0.1, 0.15) is 11.6 Å². The molecule has 1 aliphatic carbocycles. The fourth-order valence-electron chi connectivity index (χ4n) is 4.63. The van der Waals surface area contributed by atoms with Crippen LogP contribution in [0.2, 0.25) is 0 Å². The maximum atomic E-state index is 13.9. The van der Waals surface area contributed by atoms with Crippen molar-refractivity contribution in [3.8, 4) is 22.5 Å². The van der Waals surface area contributed by atoms with Gasteiger partial charge >= 0.3 is 5.97 Å². The number of carboxylic acids is 1. The molecular formula is C30H26FNO4. The first-order chi connectivity index (χ1) is 17.4. The highest BCUT2D eigenvalue weighted by molar-refractivity contribution is 5.85. The maximum absolute atomic E-state index is 13.9. The number of aromatic nitrogens is 1. The van der Waals surface area contributed by atoms with Crippen molar-refractivity contribution in [2.45, 2.75) is 44.4 Å². The second-order valence-electron chi connectivity index (χ2n) is 9.42. The summed E-state index contributed by atoms with van der Waals surface area (Å²) in [5.41, 5.74) is 4.87. The van der Waals surface area contributed by atoms with Crippen molar-refractivity contribution >= 4 is 11.8 Å². The van der Waals surface area contributed by atoms with Crippen molar-refractivity contribution in [2.75, 3.05) is 0 Å². The minimum Gasteiger partial charge on any atom is -0.481 e. The third-order valence-corrected chi connectivity index (χ3v) is 7.07. The van der Waals surface area contributed by atoms with E-state index in [0.717, 1.165) is 27.8 Å². The first-order valence-electron chi connectivity index (χ1n) is 12.0. The van der Waals surface area contributed by atoms with E-state index < -0.39 is 11.4 Å². The van der Waals surface area contributed by atoms with Crippen LogP contribution in [0.3, 0.4) is 0 Å². The molecular weight excluding hydrogens is 457 g/mol. The van der Waals surface area contributed by atoms with E-state index in [4.69, 9.17) is 4.52 Å². The molecule has 6 heteroatoms. The van der Waals surface area contributed by atoms with Gasteiger partial charge in [-0.05, 0) is 54.5 Å². The number of halogens is 1. The summed E-state index contributed by atoms with van der Waals surface area (Å²) in [5, 5.41) is 13.6. The number of carbonyl (C=O) groups excluding carboxylic acids is 1. The molecule has 0 unspecified atom stereocenters. The van der Waals surface area contributed by atoms with Gasteiger partial charge in [0.15, 0.2) is 5.76 Å². The second-order valence-corrected chi connectivity index (χ2v) is 9.42. The van der Waals surface area contributed by atoms with E-state index >= 15 is 0 Å². The van der Waals surface area contributed by atoms with Gasteiger partial charge in [-0.2, -0.15) is 0 Å². The number of aliphatic carboxylic acids is 1. The van der Waals surface area contributed by atoms with E-state index in [0.29, 0.717) is 36.3 Å². The zero-order chi connectivity index (χ0) is 25.3. The molecule has 1 aliphatic rings. The zero-order valence-electron chi connectivity index (χ0n) is 20.0. The van der Waals surface area contributed by atoms with Crippen LogP contribution in [0.5, 0.6) is 0 Å². The lowest BCUT2D eigenvalue weighted by Crippen LogP contribution is -2.19. The Bertz CT molecular complexity index is 1420. The van der Waals surface area contributed by atoms with Crippen molar-refractivity contribution < 1.29 is 23.6 Å². The molecule has 1 heterocycles. The number of rotatable bonds is 9. The molecule has 0 spiro atoms. The Morgan fingerprint density at radius 2 is 1.56 bits per heavy atom. The van der Waals surface area contributed by atoms with Gasteiger partial charge in [0.25, 0.3) is 0 Å². The van der Waals surface area contributed by atoms with Crippen LogP contribution in [0.1, 0.15) is 41.6 Å². The van der Waals surface area contributed by atoms with E-state index in [-0.39, 0.29) is 24.4 Å². The largest absolute Gasteiger partial charge is 0.481 e. The molecule has 5 nitrogen and oxygen atoms in total. The first-order valence-corrected chi connectivity index (χ1v) is 12.0. The van der Waals surface area contributed by atoms with E-state index in [1.165, 1.54) is 6.07 Å². The molecule has 0 bridgehead atoms. The van der Waals surface area contributed by atoms with Crippen LogP contribution in [-0.4, -0.2) is 22.0 Å². The molecule has 1 N–H and O–H groups in total. The van der Waals surface area contributed by atoms with E-state index in [9.17, 15) is 19.1 Å². The third-order valence-electron chi connectivity index (χ3n) is 7.07. The van der Waals surface area contributed by atoms with Gasteiger partial charge in [0.05, 0.1) is 11.1 Å². The minimum absolute atomic E-state index is 0.00249. The molecule has 1 aromatic heterocycles. The minimum atomic E-state index is -0.761. The van der Waals surface area contributed by atoms with Gasteiger partial charge in [0.2, 0.25) is 0 Å². The molecule has 182 valence electrons. The summed E-state index contributed by atoms with van der Waals surface area (Å²) in [6.07, 6.45) is 2.13. The summed E-state index contributed by atoms with van der Waals surface area (Å²) >= 11 is 0. The number of hydrogen-bond acceptors (Lipinski definition) is 4. The molecule has 4 aromatic rings. The highest BCUT2D eigenvalue weighted by Gasteiger charge is 2.51. The fourth-order valence-corrected chi connectivity index (χ4v) is 4.63. The van der Waals surface area contributed by atoms with Gasteiger partial charge < -0.3 is 9.63 Å². The SMILES string of the molecule is Cc1noc(-c2ccc(-c3ccc(C4(C(=O)O)CC4)cc3)cc2)c1CC(=O)CCc1ccccc1F. The molecule has 0 amide bonds. The summed E-state index contributed by atoms with van der Waals surface area (Å²) < 4.78 is 19.4. The number of benzene rings is 3. The molecule has 36 heavy (non-hydrogen) atoms. The van der Waals surface area contributed by atoms with Crippen LogP contribution in [0.15, 0.2) is 77.3 Å². The Morgan fingerprint density at radius 3 is 2.17 bits per heavy atom. The second kappa shape index (κ2) is 9.53. The summed E-state index contributed by atoms with van der Waals surface area (Å²) in [6.45, 7) is 1.81. The van der Waals surface area contributed by atoms with Crippen LogP contribution in [0.4, 0.5) is 4.39 Å². The van der Waals surface area contributed by atoms with Crippen molar-refractivity contribution in [3.63, 3.8) is 0 Å². The van der Waals surface area contributed by atoms with E-state index in [2.05, 4.69) is 5.16 Å². The number of Topliss-reactive ketones (excluding diaryl/α,β-unsaturated/α-hetero) is 1. The molecule has 0 atom stereocenters. The predicted molar refractivity (Wildman–Crippen MR) is 134 cm³/mol. The van der Waals surface area contributed by atoms with Crippen molar-refractivity contribution in [1.82, 2.24) is 5.16 Å². The smallest absolute Gasteiger partial charge is 0.314 e. The van der Waals surface area contributed by atoms with Crippen molar-refractivity contribution in [3.05, 3.63) is 101 Å². The lowest BCUT2D eigenvalue weighted by molar-refractivity contribution is -0.140. The van der Waals surface area contributed by atoms with Gasteiger partial charge in [-0.1, -0.05) is 71.9 Å². The lowest BCUT2D eigenvalue weighted by atomic mass is 9.93. The Kier molecular flexibility index (Phi) is 6.27. The van der Waals surface area contributed by atoms with Crippen LogP contribution in [0, 0.1) is 12.7 Å². The molecule has 1 saturated carbocycles. The molecule has 1 fully saturated rings. The summed E-state index contributed by atoms with van der Waals surface area (Å²) in [7, 11) is 0. The van der Waals surface area contributed by atoms with Gasteiger partial charge in [0, 0.05) is 24.0 Å². The monoisotopic (exact) mass is 483 g/mol. The fraction of sp³-hybridized carbons (Fsp3) is 0.233. The number of carbonyl (C=O) groups is 2. The Hall–Kier alpha value is -4.06. The molecule has 0 saturated heterocycles. The van der Waals surface area contributed by atoms with Crippen molar-refractivity contribution in [1.29, 1.82) is 0 Å². The molecule has 0 radical (unpaired) electrons. The van der Waals surface area contributed by atoms with Gasteiger partial charge in [-0.15, -0.1) is 0 Å². The standard InChI is InChI=1S/C30H26FNO4/c1-19-26(18-25(33)15-12-22-4-2-3-5-27(22)31)28(36-32-19)23-8-6-20(7-9-23)21-10-13-24(14-11-21)30(16-17-30)29(34)35/h2-11,13-14H,12,15-18H2,1H3,(H,34,35). The van der Waals surface area contributed by atoms with Crippen LogP contribution in [0.25, 0.3) is 22.5 Å². The lowest BCUT2D eigenvalue weighted by Gasteiger charge is -2.11. The number of carboxylic acid groups (broad SMARTS) is 1. The zero-order valence-corrected chi connectivity index (χ0v) is 20.0. The Labute approximate surface area is 208 Å². The summed E-state index contributed by atoms with van der Waals surface area (Å²) in [4.78, 5) is 24.3. The Balaban J connectivity index is 1.29. The summed E-state index contributed by atoms with van der Waals surface area (Å²) in [6, 6.07) is 22.0. The number of nitrogens with zero attached hydrogens (tertiary/aromatic N) is 1. The number of aryl methyl sites for hydroxylation is 2.